The Balaban J connectivity index is 2.16. The van der Waals surface area contributed by atoms with Gasteiger partial charge in [-0.2, -0.15) is 9.97 Å². The summed E-state index contributed by atoms with van der Waals surface area (Å²) >= 11 is 0. The average molecular weight is 206 g/mol. The highest BCUT2D eigenvalue weighted by atomic mass is 16.5. The summed E-state index contributed by atoms with van der Waals surface area (Å²) in [5.41, 5.74) is 0. The van der Waals surface area contributed by atoms with E-state index in [0.717, 1.165) is 0 Å². The quantitative estimate of drug-likeness (QED) is 0.785. The van der Waals surface area contributed by atoms with Gasteiger partial charge in [-0.05, 0) is 0 Å². The number of aromatic nitrogens is 5. The van der Waals surface area contributed by atoms with E-state index in [1.165, 1.54) is 6.20 Å². The Morgan fingerprint density at radius 3 is 2.93 bits per heavy atom. The maximum absolute atomic E-state index is 5.28. The van der Waals surface area contributed by atoms with Crippen LogP contribution in [0, 0.1) is 0 Å². The normalized spacial score (nSPS) is 10.0. The van der Waals surface area contributed by atoms with Gasteiger partial charge in [-0.3, -0.25) is 9.67 Å². The molecule has 0 saturated carbocycles. The topological polar surface area (TPSA) is 77.8 Å². The van der Waals surface area contributed by atoms with Gasteiger partial charge in [-0.15, -0.1) is 5.10 Å². The maximum Gasteiger partial charge on any atom is 0.342 e. The highest BCUT2D eigenvalue weighted by Gasteiger charge is 2.03. The number of ether oxygens (including phenoxy) is 1. The van der Waals surface area contributed by atoms with Crippen molar-refractivity contribution in [2.75, 3.05) is 12.4 Å². The van der Waals surface area contributed by atoms with E-state index < -0.39 is 0 Å². The fourth-order valence-corrected chi connectivity index (χ4v) is 0.978. The fourth-order valence-electron chi connectivity index (χ4n) is 0.978. The molecule has 0 saturated heterocycles. The van der Waals surface area contributed by atoms with Crippen molar-refractivity contribution >= 4 is 5.82 Å². The molecule has 7 nitrogen and oxygen atoms in total. The first-order chi connectivity index (χ1) is 7.28. The van der Waals surface area contributed by atoms with Crippen molar-refractivity contribution < 1.29 is 4.74 Å². The van der Waals surface area contributed by atoms with Gasteiger partial charge in [0.15, 0.2) is 0 Å². The van der Waals surface area contributed by atoms with Gasteiger partial charge in [0.25, 0.3) is 0 Å². The zero-order valence-corrected chi connectivity index (χ0v) is 8.38. The minimum Gasteiger partial charge on any atom is -0.402 e. The van der Waals surface area contributed by atoms with E-state index in [1.807, 2.05) is 0 Å². The second-order valence-electron chi connectivity index (χ2n) is 2.80. The Labute approximate surface area is 86.1 Å². The van der Waals surface area contributed by atoms with E-state index in [2.05, 4.69) is 25.4 Å². The van der Waals surface area contributed by atoms with Crippen LogP contribution in [0.1, 0.15) is 0 Å². The molecule has 0 aliphatic carbocycles. The van der Waals surface area contributed by atoms with E-state index in [-0.39, 0.29) is 6.01 Å². The molecule has 0 aliphatic rings. The Hall–Kier alpha value is -2.18. The summed E-state index contributed by atoms with van der Waals surface area (Å²) in [7, 11) is 3.52. The van der Waals surface area contributed by atoms with Crippen molar-refractivity contribution in [2.45, 2.75) is 0 Å². The van der Waals surface area contributed by atoms with E-state index in [4.69, 9.17) is 4.74 Å². The lowest BCUT2D eigenvalue weighted by molar-refractivity contribution is 0.421. The van der Waals surface area contributed by atoms with Gasteiger partial charge in [0.2, 0.25) is 5.88 Å². The molecule has 0 radical (unpaired) electrons. The van der Waals surface area contributed by atoms with Crippen LogP contribution in [0.5, 0.6) is 11.9 Å². The summed E-state index contributed by atoms with van der Waals surface area (Å²) in [4.78, 5) is 12.0. The molecule has 15 heavy (non-hydrogen) atoms. The number of nitrogens with zero attached hydrogens (tertiary/aromatic N) is 5. The fraction of sp³-hybridized carbons (Fsp3) is 0.250. The summed E-state index contributed by atoms with van der Waals surface area (Å²) in [6.07, 6.45) is 4.64. The minimum absolute atomic E-state index is 0.250. The highest BCUT2D eigenvalue weighted by Crippen LogP contribution is 2.14. The zero-order valence-electron chi connectivity index (χ0n) is 8.38. The van der Waals surface area contributed by atoms with Crippen molar-refractivity contribution in [3.63, 3.8) is 0 Å². The Kier molecular flexibility index (Phi) is 2.44. The van der Waals surface area contributed by atoms with Crippen LogP contribution >= 0.6 is 0 Å². The molecular weight excluding hydrogens is 196 g/mol. The first-order valence-corrected chi connectivity index (χ1v) is 4.31. The molecule has 2 rings (SSSR count). The van der Waals surface area contributed by atoms with Gasteiger partial charge in [-0.25, -0.2) is 0 Å². The lowest BCUT2D eigenvalue weighted by Crippen LogP contribution is -1.97. The van der Waals surface area contributed by atoms with Gasteiger partial charge in [0.05, 0.1) is 12.4 Å². The predicted molar refractivity (Wildman–Crippen MR) is 52.7 cm³/mol. The molecule has 0 unspecified atom stereocenters. The molecule has 7 heteroatoms. The van der Waals surface area contributed by atoms with Crippen LogP contribution in [0.2, 0.25) is 0 Å². The van der Waals surface area contributed by atoms with Crippen molar-refractivity contribution in [3.05, 3.63) is 18.7 Å². The maximum atomic E-state index is 5.28. The zero-order chi connectivity index (χ0) is 10.7. The monoisotopic (exact) mass is 206 g/mol. The van der Waals surface area contributed by atoms with Crippen LogP contribution in [0.4, 0.5) is 5.82 Å². The Morgan fingerprint density at radius 2 is 2.27 bits per heavy atom. The first-order valence-electron chi connectivity index (χ1n) is 4.31. The predicted octanol–water partition coefficient (Wildman–Crippen LogP) is 0.439. The lowest BCUT2D eigenvalue weighted by atomic mass is 10.6. The number of anilines is 1. The molecule has 0 amide bonds. The summed E-state index contributed by atoms with van der Waals surface area (Å²) < 4.78 is 6.83. The Morgan fingerprint density at radius 1 is 1.40 bits per heavy atom. The van der Waals surface area contributed by atoms with E-state index >= 15 is 0 Å². The number of hydrogen-bond donors (Lipinski definition) is 1. The molecule has 0 fully saturated rings. The van der Waals surface area contributed by atoms with Crippen LogP contribution in [0.25, 0.3) is 0 Å². The smallest absolute Gasteiger partial charge is 0.342 e. The summed E-state index contributed by atoms with van der Waals surface area (Å²) in [5, 5.41) is 6.82. The van der Waals surface area contributed by atoms with E-state index in [1.54, 1.807) is 31.3 Å². The summed E-state index contributed by atoms with van der Waals surface area (Å²) in [6, 6.07) is 0.250. The van der Waals surface area contributed by atoms with Crippen molar-refractivity contribution in [2.24, 2.45) is 7.05 Å². The van der Waals surface area contributed by atoms with Crippen LogP contribution in [0.3, 0.4) is 0 Å². The molecular formula is C8H10N6O. The van der Waals surface area contributed by atoms with Crippen LogP contribution < -0.4 is 10.1 Å². The highest BCUT2D eigenvalue weighted by molar-refractivity contribution is 5.32. The van der Waals surface area contributed by atoms with Gasteiger partial charge < -0.3 is 10.1 Å². The number of hydrogen-bond acceptors (Lipinski definition) is 6. The van der Waals surface area contributed by atoms with Crippen LogP contribution in [0.15, 0.2) is 18.7 Å². The van der Waals surface area contributed by atoms with Crippen LogP contribution in [-0.4, -0.2) is 31.8 Å². The van der Waals surface area contributed by atoms with E-state index in [9.17, 15) is 0 Å². The van der Waals surface area contributed by atoms with E-state index in [0.29, 0.717) is 11.7 Å². The number of nitrogens with one attached hydrogen (secondary N) is 1. The lowest BCUT2D eigenvalue weighted by Gasteiger charge is -2.01. The molecule has 78 valence electrons. The Bertz CT molecular complexity index is 454. The van der Waals surface area contributed by atoms with Crippen molar-refractivity contribution in [3.8, 4) is 11.9 Å². The third-order valence-electron chi connectivity index (χ3n) is 1.64. The molecule has 0 aromatic carbocycles. The summed E-state index contributed by atoms with van der Waals surface area (Å²) in [5.74, 6) is 0.983. The van der Waals surface area contributed by atoms with Gasteiger partial charge in [-0.1, -0.05) is 0 Å². The van der Waals surface area contributed by atoms with Crippen LogP contribution in [-0.2, 0) is 7.05 Å². The third kappa shape index (κ3) is 2.19. The second-order valence-corrected chi connectivity index (χ2v) is 2.80. The standard InChI is InChI=1S/C8H10N6O/c1-9-6-3-10-4-7(12-6)15-8-11-5-14(2)13-8/h3-5H,1-2H3,(H,9,12). The first kappa shape index (κ1) is 9.38. The number of rotatable bonds is 3. The van der Waals surface area contributed by atoms with Gasteiger partial charge in [0.1, 0.15) is 12.1 Å². The molecule has 0 atom stereocenters. The van der Waals surface area contributed by atoms with Crippen molar-refractivity contribution in [1.82, 2.24) is 24.7 Å². The molecule has 1 N–H and O–H groups in total. The third-order valence-corrected chi connectivity index (χ3v) is 1.64. The molecule has 2 heterocycles. The van der Waals surface area contributed by atoms with Crippen molar-refractivity contribution in [1.29, 1.82) is 0 Å². The minimum atomic E-state index is 0.250. The average Bonchev–Trinajstić information content (AvgIpc) is 2.64. The molecule has 0 bridgehead atoms. The van der Waals surface area contributed by atoms with Gasteiger partial charge in [0, 0.05) is 14.1 Å². The molecule has 0 spiro atoms. The molecule has 2 aromatic rings. The second kappa shape index (κ2) is 3.91. The SMILES string of the molecule is CNc1cncc(Oc2ncn(C)n2)n1. The largest absolute Gasteiger partial charge is 0.402 e. The summed E-state index contributed by atoms with van der Waals surface area (Å²) in [6.45, 7) is 0. The number of aryl methyl sites for hydroxylation is 1. The van der Waals surface area contributed by atoms with Gasteiger partial charge >= 0.3 is 6.01 Å². The molecule has 2 aromatic heterocycles. The molecule has 0 aliphatic heterocycles.